The van der Waals surface area contributed by atoms with Gasteiger partial charge in [0.05, 0.1) is 11.8 Å². The van der Waals surface area contributed by atoms with Gasteiger partial charge < -0.3 is 20.1 Å². The molecular formula is C15H14ClFN2O4S. The lowest BCUT2D eigenvalue weighted by molar-refractivity contribution is -0.0786. The highest BCUT2D eigenvalue weighted by Crippen LogP contribution is 2.33. The van der Waals surface area contributed by atoms with Crippen molar-refractivity contribution in [2.45, 2.75) is 23.7 Å². The Balaban J connectivity index is 1.77. The number of aromatic nitrogens is 2. The van der Waals surface area contributed by atoms with Gasteiger partial charge in [0.15, 0.2) is 16.3 Å². The number of thioether (sulfide) groups is 1. The first kappa shape index (κ1) is 17.4. The predicted octanol–water partition coefficient (Wildman–Crippen LogP) is 1.47. The zero-order valence-electron chi connectivity index (χ0n) is 12.2. The van der Waals surface area contributed by atoms with Crippen LogP contribution in [0.15, 0.2) is 30.5 Å². The predicted molar refractivity (Wildman–Crippen MR) is 87.3 cm³/mol. The highest BCUT2D eigenvalue weighted by Gasteiger charge is 2.38. The molecule has 4 atom stereocenters. The molecule has 0 spiro atoms. The van der Waals surface area contributed by atoms with Crippen molar-refractivity contribution >= 4 is 23.4 Å². The van der Waals surface area contributed by atoms with Crippen LogP contribution >= 0.6 is 23.4 Å². The average Bonchev–Trinajstić information content (AvgIpc) is 2.57. The van der Waals surface area contributed by atoms with Crippen LogP contribution in [0.3, 0.4) is 0 Å². The van der Waals surface area contributed by atoms with Crippen LogP contribution in [0.25, 0.3) is 11.3 Å². The minimum Gasteiger partial charge on any atom is -0.474 e. The molecular weight excluding hydrogens is 359 g/mol. The number of halogens is 2. The maximum atomic E-state index is 12.9. The van der Waals surface area contributed by atoms with Gasteiger partial charge in [-0.1, -0.05) is 11.6 Å². The fourth-order valence-corrected chi connectivity index (χ4v) is 3.52. The van der Waals surface area contributed by atoms with E-state index in [9.17, 15) is 19.7 Å². The lowest BCUT2D eigenvalue weighted by Gasteiger charge is -2.34. The molecule has 9 heteroatoms. The average molecular weight is 373 g/mol. The number of aliphatic hydroxyl groups excluding tert-OH is 3. The second-order valence-corrected chi connectivity index (χ2v) is 6.71. The summed E-state index contributed by atoms with van der Waals surface area (Å²) in [6.07, 6.45) is -2.21. The molecule has 1 aliphatic heterocycles. The van der Waals surface area contributed by atoms with E-state index in [0.29, 0.717) is 11.3 Å². The monoisotopic (exact) mass is 372 g/mol. The molecule has 6 nitrogen and oxygen atoms in total. The van der Waals surface area contributed by atoms with Gasteiger partial charge in [-0.25, -0.2) is 9.97 Å². The number of ether oxygens (including phenoxy) is 1. The summed E-state index contributed by atoms with van der Waals surface area (Å²) in [7, 11) is 0. The van der Waals surface area contributed by atoms with E-state index in [1.54, 1.807) is 12.1 Å². The van der Waals surface area contributed by atoms with Crippen molar-refractivity contribution in [1.29, 1.82) is 0 Å². The molecule has 1 fully saturated rings. The van der Waals surface area contributed by atoms with Gasteiger partial charge in [-0.2, -0.15) is 4.39 Å². The largest absolute Gasteiger partial charge is 0.474 e. The third-order valence-corrected chi connectivity index (χ3v) is 5.04. The van der Waals surface area contributed by atoms with Crippen molar-refractivity contribution in [3.8, 4) is 17.0 Å². The van der Waals surface area contributed by atoms with Crippen LogP contribution in [-0.4, -0.2) is 54.8 Å². The molecule has 0 bridgehead atoms. The Hall–Kier alpha value is -1.45. The molecule has 0 unspecified atom stereocenters. The summed E-state index contributed by atoms with van der Waals surface area (Å²) in [5.74, 6) is -0.128. The molecule has 3 N–H and O–H groups in total. The van der Waals surface area contributed by atoms with E-state index in [2.05, 4.69) is 9.97 Å². The van der Waals surface area contributed by atoms with Crippen LogP contribution in [0.5, 0.6) is 5.75 Å². The van der Waals surface area contributed by atoms with Crippen LogP contribution in [0.1, 0.15) is 0 Å². The molecule has 1 aliphatic rings. The van der Waals surface area contributed by atoms with Crippen molar-refractivity contribution in [3.05, 3.63) is 41.6 Å². The maximum Gasteiger partial charge on any atom is 0.212 e. The van der Waals surface area contributed by atoms with Gasteiger partial charge in [-0.05, 0) is 24.3 Å². The molecule has 24 heavy (non-hydrogen) atoms. The minimum atomic E-state index is -1.28. The zero-order valence-corrected chi connectivity index (χ0v) is 13.8. The van der Waals surface area contributed by atoms with Gasteiger partial charge in [0.1, 0.15) is 12.2 Å². The van der Waals surface area contributed by atoms with Crippen LogP contribution < -0.4 is 4.74 Å². The van der Waals surface area contributed by atoms with E-state index < -0.39 is 29.7 Å². The van der Waals surface area contributed by atoms with Crippen LogP contribution in [0.2, 0.25) is 5.15 Å². The molecule has 128 valence electrons. The summed E-state index contributed by atoms with van der Waals surface area (Å²) in [6, 6.07) is 5.94. The summed E-state index contributed by atoms with van der Waals surface area (Å²) < 4.78 is 18.5. The third kappa shape index (κ3) is 3.62. The van der Waals surface area contributed by atoms with Gasteiger partial charge in [0.2, 0.25) is 5.95 Å². The summed E-state index contributed by atoms with van der Waals surface area (Å²) in [5.41, 5.74) is 0.309. The SMILES string of the molecule is O[C@@H]1[C@@H](O)[C@H](Oc2ccc(-c3ccc(F)nc3)nc2Cl)SC[C@H]1O. The number of hydrogen-bond donors (Lipinski definition) is 3. The van der Waals surface area contributed by atoms with Crippen molar-refractivity contribution in [3.63, 3.8) is 0 Å². The second kappa shape index (κ2) is 7.20. The molecule has 2 aromatic rings. The van der Waals surface area contributed by atoms with E-state index in [0.717, 1.165) is 0 Å². The Morgan fingerprint density at radius 2 is 1.96 bits per heavy atom. The van der Waals surface area contributed by atoms with E-state index >= 15 is 0 Å². The Morgan fingerprint density at radius 3 is 2.62 bits per heavy atom. The van der Waals surface area contributed by atoms with Crippen LogP contribution in [0.4, 0.5) is 4.39 Å². The second-order valence-electron chi connectivity index (χ2n) is 5.22. The minimum absolute atomic E-state index is 0.0604. The number of aliphatic hydroxyl groups is 3. The lowest BCUT2D eigenvalue weighted by Crippen LogP contribution is -2.50. The Kier molecular flexibility index (Phi) is 5.21. The topological polar surface area (TPSA) is 95.7 Å². The van der Waals surface area contributed by atoms with Crippen molar-refractivity contribution in [2.24, 2.45) is 0 Å². The smallest absolute Gasteiger partial charge is 0.212 e. The van der Waals surface area contributed by atoms with Gasteiger partial charge in [0, 0.05) is 17.5 Å². The van der Waals surface area contributed by atoms with Crippen LogP contribution in [0, 0.1) is 5.95 Å². The summed E-state index contributed by atoms with van der Waals surface area (Å²) in [6.45, 7) is 0. The molecule has 3 rings (SSSR count). The molecule has 1 saturated heterocycles. The fourth-order valence-electron chi connectivity index (χ4n) is 2.21. The molecule has 0 saturated carbocycles. The number of nitrogens with zero attached hydrogens (tertiary/aromatic N) is 2. The van der Waals surface area contributed by atoms with Crippen LogP contribution in [-0.2, 0) is 0 Å². The Labute approximate surface area is 146 Å². The molecule has 0 aromatic carbocycles. The van der Waals surface area contributed by atoms with Gasteiger partial charge in [-0.3, -0.25) is 0 Å². The summed E-state index contributed by atoms with van der Waals surface area (Å²) in [4.78, 5) is 7.73. The summed E-state index contributed by atoms with van der Waals surface area (Å²) >= 11 is 7.28. The van der Waals surface area contributed by atoms with Crippen molar-refractivity contribution < 1.29 is 24.4 Å². The number of pyridine rings is 2. The van der Waals surface area contributed by atoms with E-state index in [4.69, 9.17) is 16.3 Å². The van der Waals surface area contributed by atoms with Crippen molar-refractivity contribution in [2.75, 3.05) is 5.75 Å². The Morgan fingerprint density at radius 1 is 1.17 bits per heavy atom. The van der Waals surface area contributed by atoms with Gasteiger partial charge in [0.25, 0.3) is 0 Å². The Bertz CT molecular complexity index is 721. The standard InChI is InChI=1S/C15H14ClFN2O4S/c16-14-10(23-15-13(22)12(21)9(20)6-24-15)3-2-8(19-14)7-1-4-11(17)18-5-7/h1-5,9,12-13,15,20-22H,6H2/t9-,12+,13-,15-/m1/s1. The first-order valence-electron chi connectivity index (χ1n) is 7.06. The zero-order chi connectivity index (χ0) is 17.3. The molecule has 0 radical (unpaired) electrons. The normalized spacial score (nSPS) is 27.0. The van der Waals surface area contributed by atoms with Gasteiger partial charge >= 0.3 is 0 Å². The van der Waals surface area contributed by atoms with E-state index in [-0.39, 0.29) is 16.7 Å². The molecule has 2 aromatic heterocycles. The number of rotatable bonds is 3. The third-order valence-electron chi connectivity index (χ3n) is 3.54. The molecule has 3 heterocycles. The summed E-state index contributed by atoms with van der Waals surface area (Å²) in [5, 5.41) is 29.2. The molecule has 0 aliphatic carbocycles. The first-order chi connectivity index (χ1) is 11.5. The van der Waals surface area contributed by atoms with E-state index in [1.807, 2.05) is 0 Å². The highest BCUT2D eigenvalue weighted by atomic mass is 35.5. The number of hydrogen-bond acceptors (Lipinski definition) is 7. The van der Waals surface area contributed by atoms with Crippen molar-refractivity contribution in [1.82, 2.24) is 9.97 Å². The van der Waals surface area contributed by atoms with E-state index in [1.165, 1.54) is 30.1 Å². The first-order valence-corrected chi connectivity index (χ1v) is 8.49. The highest BCUT2D eigenvalue weighted by molar-refractivity contribution is 7.99. The molecule has 0 amide bonds. The fraction of sp³-hybridized carbons (Fsp3) is 0.333. The van der Waals surface area contributed by atoms with Gasteiger partial charge in [-0.15, -0.1) is 11.8 Å². The lowest BCUT2D eigenvalue weighted by atomic mass is 10.1. The maximum absolute atomic E-state index is 12.9. The quantitative estimate of drug-likeness (QED) is 0.702.